The number of hydrogen-bond donors (Lipinski definition) is 3. The van der Waals surface area contributed by atoms with Gasteiger partial charge in [0.15, 0.2) is 0 Å². The molecular weight excluding hydrogens is 228 g/mol. The van der Waals surface area contributed by atoms with Gasteiger partial charge >= 0.3 is 5.97 Å². The molecule has 3 N–H and O–H groups in total. The number of phenols is 1. The highest BCUT2D eigenvalue weighted by Crippen LogP contribution is 2.43. The van der Waals surface area contributed by atoms with Crippen molar-refractivity contribution in [3.63, 3.8) is 0 Å². The van der Waals surface area contributed by atoms with Gasteiger partial charge in [-0.25, -0.2) is 4.79 Å². The van der Waals surface area contributed by atoms with Gasteiger partial charge in [-0.15, -0.1) is 0 Å². The van der Waals surface area contributed by atoms with E-state index in [2.05, 4.69) is 4.74 Å². The lowest BCUT2D eigenvalue weighted by Crippen LogP contribution is -2.43. The molecule has 0 fully saturated rings. The van der Waals surface area contributed by atoms with Crippen LogP contribution >= 0.6 is 0 Å². The first-order valence-electron chi connectivity index (χ1n) is 4.92. The lowest BCUT2D eigenvalue weighted by molar-refractivity contribution is -0.220. The monoisotopic (exact) mass is 240 g/mol. The number of rotatable bonds is 1. The average Bonchev–Trinajstić information content (AvgIpc) is 2.25. The molecule has 1 aromatic carbocycles. The summed E-state index contributed by atoms with van der Waals surface area (Å²) in [6.45, 7) is 1.15. The number of carbonyl (C=O) groups is 1. The summed E-state index contributed by atoms with van der Waals surface area (Å²) < 4.78 is 9.63. The first-order chi connectivity index (χ1) is 7.88. The van der Waals surface area contributed by atoms with Crippen LogP contribution in [0.5, 0.6) is 11.5 Å². The fourth-order valence-electron chi connectivity index (χ4n) is 1.82. The summed E-state index contributed by atoms with van der Waals surface area (Å²) in [4.78, 5) is 11.6. The normalized spacial score (nSPS) is 27.3. The van der Waals surface area contributed by atoms with Crippen molar-refractivity contribution in [2.75, 3.05) is 7.11 Å². The summed E-state index contributed by atoms with van der Waals surface area (Å²) in [5, 5.41) is 29.3. The van der Waals surface area contributed by atoms with Gasteiger partial charge in [0.1, 0.15) is 23.2 Å². The Balaban J connectivity index is 2.72. The van der Waals surface area contributed by atoms with Gasteiger partial charge < -0.3 is 24.8 Å². The number of phenolic OH excluding ortho intramolecular Hbond substituents is 1. The third-order valence-corrected chi connectivity index (χ3v) is 2.69. The molecule has 1 aliphatic heterocycles. The highest BCUT2D eigenvalue weighted by molar-refractivity contribution is 5.96. The molecule has 0 saturated carbocycles. The van der Waals surface area contributed by atoms with E-state index in [0.717, 1.165) is 6.92 Å². The van der Waals surface area contributed by atoms with Crippen LogP contribution in [0.4, 0.5) is 0 Å². The van der Waals surface area contributed by atoms with Gasteiger partial charge in [-0.2, -0.15) is 0 Å². The Bertz CT molecular complexity index is 479. The van der Waals surface area contributed by atoms with E-state index in [1.54, 1.807) is 0 Å². The zero-order chi connectivity index (χ0) is 12.8. The number of cyclic esters (lactones) is 1. The van der Waals surface area contributed by atoms with Crippen LogP contribution < -0.4 is 4.74 Å². The SMILES string of the molecule is COc1ccc(O)c2c1C(O)C(C)(O)OC2=O. The molecule has 92 valence electrons. The van der Waals surface area contributed by atoms with E-state index in [9.17, 15) is 20.1 Å². The fourth-order valence-corrected chi connectivity index (χ4v) is 1.82. The van der Waals surface area contributed by atoms with Crippen molar-refractivity contribution in [3.8, 4) is 11.5 Å². The molecular formula is C11H12O6. The molecule has 1 aliphatic rings. The van der Waals surface area contributed by atoms with Crippen LogP contribution in [0.2, 0.25) is 0 Å². The van der Waals surface area contributed by atoms with Crippen LogP contribution in [0.3, 0.4) is 0 Å². The minimum atomic E-state index is -2.05. The molecule has 17 heavy (non-hydrogen) atoms. The number of hydrogen-bond acceptors (Lipinski definition) is 6. The van der Waals surface area contributed by atoms with Gasteiger partial charge in [0, 0.05) is 12.5 Å². The standard InChI is InChI=1S/C11H12O6/c1-11(15)9(13)8-6(16-2)4-3-5(12)7(8)10(14)17-11/h3-4,9,12-13,15H,1-2H3. The molecule has 0 aromatic heterocycles. The molecule has 2 atom stereocenters. The molecule has 0 radical (unpaired) electrons. The number of methoxy groups -OCH3 is 1. The van der Waals surface area contributed by atoms with E-state index < -0.39 is 17.9 Å². The number of aromatic hydroxyl groups is 1. The molecule has 6 heteroatoms. The predicted octanol–water partition coefficient (Wildman–Crippen LogP) is 0.313. The maximum Gasteiger partial charge on any atom is 0.345 e. The van der Waals surface area contributed by atoms with Crippen molar-refractivity contribution in [2.24, 2.45) is 0 Å². The summed E-state index contributed by atoms with van der Waals surface area (Å²) in [5.41, 5.74) is -0.169. The van der Waals surface area contributed by atoms with E-state index in [1.807, 2.05) is 0 Å². The minimum Gasteiger partial charge on any atom is -0.507 e. The fraction of sp³-hybridized carbons (Fsp3) is 0.364. The molecule has 0 amide bonds. The van der Waals surface area contributed by atoms with Gasteiger partial charge in [-0.05, 0) is 12.1 Å². The lowest BCUT2D eigenvalue weighted by atomic mass is 9.92. The lowest BCUT2D eigenvalue weighted by Gasteiger charge is -2.35. The Hall–Kier alpha value is -1.79. The number of aliphatic hydroxyl groups excluding tert-OH is 1. The maximum absolute atomic E-state index is 11.6. The highest BCUT2D eigenvalue weighted by atomic mass is 16.7. The predicted molar refractivity (Wildman–Crippen MR) is 55.7 cm³/mol. The van der Waals surface area contributed by atoms with Gasteiger partial charge in [-0.1, -0.05) is 0 Å². The zero-order valence-corrected chi connectivity index (χ0v) is 9.30. The number of benzene rings is 1. The summed E-state index contributed by atoms with van der Waals surface area (Å²) in [5.74, 6) is -3.10. The molecule has 6 nitrogen and oxygen atoms in total. The van der Waals surface area contributed by atoms with Crippen LogP contribution in [-0.2, 0) is 4.74 Å². The van der Waals surface area contributed by atoms with Crippen molar-refractivity contribution >= 4 is 5.97 Å². The Kier molecular flexibility index (Phi) is 2.48. The number of ether oxygens (including phenoxy) is 2. The van der Waals surface area contributed by atoms with Crippen molar-refractivity contribution in [2.45, 2.75) is 18.8 Å². The number of aliphatic hydroxyl groups is 2. The third kappa shape index (κ3) is 1.62. The summed E-state index contributed by atoms with van der Waals surface area (Å²) in [7, 11) is 1.36. The maximum atomic E-state index is 11.6. The molecule has 2 rings (SSSR count). The van der Waals surface area contributed by atoms with Gasteiger partial charge in [0.2, 0.25) is 5.79 Å². The molecule has 0 aliphatic carbocycles. The Labute approximate surface area is 97.0 Å². The van der Waals surface area contributed by atoms with Crippen LogP contribution in [0.25, 0.3) is 0 Å². The van der Waals surface area contributed by atoms with E-state index in [4.69, 9.17) is 4.74 Å². The van der Waals surface area contributed by atoms with Crippen LogP contribution in [0.15, 0.2) is 12.1 Å². The molecule has 0 bridgehead atoms. The topological polar surface area (TPSA) is 96.2 Å². The molecule has 0 spiro atoms. The van der Waals surface area contributed by atoms with Gasteiger partial charge in [0.05, 0.1) is 7.11 Å². The third-order valence-electron chi connectivity index (χ3n) is 2.69. The van der Waals surface area contributed by atoms with Crippen LogP contribution in [0.1, 0.15) is 28.9 Å². The highest BCUT2D eigenvalue weighted by Gasteiger charge is 2.46. The van der Waals surface area contributed by atoms with Gasteiger partial charge in [0.25, 0.3) is 0 Å². The second-order valence-electron chi connectivity index (χ2n) is 3.92. The first kappa shape index (κ1) is 11.7. The van der Waals surface area contributed by atoms with E-state index in [-0.39, 0.29) is 22.6 Å². The number of fused-ring (bicyclic) bond motifs is 1. The van der Waals surface area contributed by atoms with E-state index in [1.165, 1.54) is 19.2 Å². The summed E-state index contributed by atoms with van der Waals surface area (Å²) >= 11 is 0. The van der Waals surface area contributed by atoms with Gasteiger partial charge in [-0.3, -0.25) is 0 Å². The van der Waals surface area contributed by atoms with Crippen molar-refractivity contribution in [1.82, 2.24) is 0 Å². The average molecular weight is 240 g/mol. The molecule has 1 heterocycles. The molecule has 1 aromatic rings. The van der Waals surface area contributed by atoms with Crippen LogP contribution in [0, 0.1) is 0 Å². The van der Waals surface area contributed by atoms with Crippen molar-refractivity contribution in [3.05, 3.63) is 23.3 Å². The van der Waals surface area contributed by atoms with E-state index >= 15 is 0 Å². The smallest absolute Gasteiger partial charge is 0.345 e. The Morgan fingerprint density at radius 3 is 2.71 bits per heavy atom. The first-order valence-corrected chi connectivity index (χ1v) is 4.92. The molecule has 0 saturated heterocycles. The second kappa shape index (κ2) is 3.61. The Morgan fingerprint density at radius 2 is 2.12 bits per heavy atom. The Morgan fingerprint density at radius 1 is 1.47 bits per heavy atom. The quantitative estimate of drug-likeness (QED) is 0.611. The van der Waals surface area contributed by atoms with Crippen molar-refractivity contribution < 1.29 is 29.6 Å². The minimum absolute atomic E-state index is 0.0220. The van der Waals surface area contributed by atoms with Crippen LogP contribution in [-0.4, -0.2) is 34.2 Å². The number of esters is 1. The second-order valence-corrected chi connectivity index (χ2v) is 3.92. The van der Waals surface area contributed by atoms with E-state index in [0.29, 0.717) is 0 Å². The summed E-state index contributed by atoms with van der Waals surface area (Å²) in [6.07, 6.45) is -1.49. The van der Waals surface area contributed by atoms with Crippen molar-refractivity contribution in [1.29, 1.82) is 0 Å². The molecule has 2 unspecified atom stereocenters. The number of carbonyl (C=O) groups excluding carboxylic acids is 1. The zero-order valence-electron chi connectivity index (χ0n) is 9.30. The largest absolute Gasteiger partial charge is 0.507 e. The summed E-state index contributed by atoms with van der Waals surface area (Å²) in [6, 6.07) is 2.65.